The first-order valence-corrected chi connectivity index (χ1v) is 7.19. The Bertz CT molecular complexity index is 526. The first kappa shape index (κ1) is 14.6. The SMILES string of the molecule is CC1SCC(C(=O)O)N1C(=O)NCc1ccccc1F. The summed E-state index contributed by atoms with van der Waals surface area (Å²) in [6.45, 7) is 1.81. The van der Waals surface area contributed by atoms with E-state index in [0.29, 0.717) is 11.3 Å². The molecule has 0 aliphatic carbocycles. The molecule has 1 aliphatic rings. The summed E-state index contributed by atoms with van der Waals surface area (Å²) >= 11 is 1.41. The molecule has 0 saturated carbocycles. The van der Waals surface area contributed by atoms with Crippen LogP contribution in [-0.4, -0.2) is 39.2 Å². The molecule has 2 amide bonds. The lowest BCUT2D eigenvalue weighted by molar-refractivity contribution is -0.141. The van der Waals surface area contributed by atoms with Crippen LogP contribution >= 0.6 is 11.8 Å². The zero-order valence-corrected chi connectivity index (χ0v) is 11.7. The average molecular weight is 298 g/mol. The van der Waals surface area contributed by atoms with Crippen LogP contribution in [0.3, 0.4) is 0 Å². The van der Waals surface area contributed by atoms with Gasteiger partial charge in [-0.3, -0.25) is 4.90 Å². The monoisotopic (exact) mass is 298 g/mol. The fraction of sp³-hybridized carbons (Fsp3) is 0.385. The van der Waals surface area contributed by atoms with Crippen molar-refractivity contribution in [3.05, 3.63) is 35.6 Å². The summed E-state index contributed by atoms with van der Waals surface area (Å²) in [7, 11) is 0. The molecule has 2 rings (SSSR count). The minimum absolute atomic E-state index is 0.0335. The van der Waals surface area contributed by atoms with Crippen LogP contribution in [0.25, 0.3) is 0 Å². The maximum absolute atomic E-state index is 13.4. The van der Waals surface area contributed by atoms with Crippen LogP contribution in [0, 0.1) is 5.82 Å². The lowest BCUT2D eigenvalue weighted by atomic mass is 10.2. The van der Waals surface area contributed by atoms with E-state index in [2.05, 4.69) is 5.32 Å². The maximum Gasteiger partial charge on any atom is 0.327 e. The van der Waals surface area contributed by atoms with Gasteiger partial charge in [0, 0.05) is 17.9 Å². The number of hydrogen-bond acceptors (Lipinski definition) is 3. The van der Waals surface area contributed by atoms with Crippen LogP contribution < -0.4 is 5.32 Å². The van der Waals surface area contributed by atoms with Gasteiger partial charge in [-0.1, -0.05) is 18.2 Å². The topological polar surface area (TPSA) is 69.6 Å². The zero-order valence-electron chi connectivity index (χ0n) is 10.9. The van der Waals surface area contributed by atoms with Crippen molar-refractivity contribution in [2.24, 2.45) is 0 Å². The fourth-order valence-corrected chi connectivity index (χ4v) is 3.21. The second kappa shape index (κ2) is 6.13. The molecule has 1 heterocycles. The number of nitrogens with one attached hydrogen (secondary N) is 1. The largest absolute Gasteiger partial charge is 0.480 e. The number of amides is 2. The zero-order chi connectivity index (χ0) is 14.7. The van der Waals surface area contributed by atoms with Gasteiger partial charge in [0.05, 0.1) is 5.37 Å². The lowest BCUT2D eigenvalue weighted by Crippen LogP contribution is -2.49. The Morgan fingerprint density at radius 2 is 2.20 bits per heavy atom. The standard InChI is InChI=1S/C13H15FN2O3S/c1-8-16(11(7-20-8)12(17)18)13(19)15-6-9-4-2-3-5-10(9)14/h2-5,8,11H,6-7H2,1H3,(H,15,19)(H,17,18). The highest BCUT2D eigenvalue weighted by atomic mass is 32.2. The van der Waals surface area contributed by atoms with Gasteiger partial charge in [0.1, 0.15) is 11.9 Å². The van der Waals surface area contributed by atoms with Crippen LogP contribution in [0.2, 0.25) is 0 Å². The van der Waals surface area contributed by atoms with E-state index >= 15 is 0 Å². The summed E-state index contributed by atoms with van der Waals surface area (Å²) in [5, 5.41) is 11.4. The van der Waals surface area contributed by atoms with E-state index in [1.54, 1.807) is 25.1 Å². The van der Waals surface area contributed by atoms with Gasteiger partial charge in [0.25, 0.3) is 0 Å². The highest BCUT2D eigenvalue weighted by Gasteiger charge is 2.39. The number of benzene rings is 1. The molecule has 108 valence electrons. The van der Waals surface area contributed by atoms with Gasteiger partial charge in [-0.15, -0.1) is 11.8 Å². The Morgan fingerprint density at radius 3 is 2.85 bits per heavy atom. The second-order valence-corrected chi connectivity index (χ2v) is 5.79. The third-order valence-electron chi connectivity index (χ3n) is 3.13. The molecule has 1 saturated heterocycles. The van der Waals surface area contributed by atoms with Crippen LogP contribution in [0.1, 0.15) is 12.5 Å². The lowest BCUT2D eigenvalue weighted by Gasteiger charge is -2.25. The van der Waals surface area contributed by atoms with Crippen LogP contribution in [0.4, 0.5) is 9.18 Å². The molecule has 0 radical (unpaired) electrons. The predicted octanol–water partition coefficient (Wildman–Crippen LogP) is 1.88. The third kappa shape index (κ3) is 3.04. The molecular formula is C13H15FN2O3S. The molecule has 1 fully saturated rings. The van der Waals surface area contributed by atoms with Crippen LogP contribution in [0.15, 0.2) is 24.3 Å². The number of carboxylic acids is 1. The predicted molar refractivity (Wildman–Crippen MR) is 73.8 cm³/mol. The van der Waals surface area contributed by atoms with Gasteiger partial charge in [0.2, 0.25) is 0 Å². The molecule has 0 bridgehead atoms. The van der Waals surface area contributed by atoms with E-state index in [1.807, 2.05) is 0 Å². The quantitative estimate of drug-likeness (QED) is 0.894. The Morgan fingerprint density at radius 1 is 1.50 bits per heavy atom. The number of thioether (sulfide) groups is 1. The number of nitrogens with zero attached hydrogens (tertiary/aromatic N) is 1. The van der Waals surface area contributed by atoms with Crippen LogP contribution in [0.5, 0.6) is 0 Å². The molecule has 1 aromatic carbocycles. The minimum atomic E-state index is -1.03. The normalized spacial score (nSPS) is 21.8. The van der Waals surface area contributed by atoms with Crippen molar-refractivity contribution in [2.45, 2.75) is 24.9 Å². The molecule has 2 unspecified atom stereocenters. The maximum atomic E-state index is 13.4. The van der Waals surface area contributed by atoms with Gasteiger partial charge in [-0.2, -0.15) is 0 Å². The molecule has 20 heavy (non-hydrogen) atoms. The number of carboxylic acid groups (broad SMARTS) is 1. The van der Waals surface area contributed by atoms with Gasteiger partial charge in [-0.05, 0) is 13.0 Å². The summed E-state index contributed by atoms with van der Waals surface area (Å²) in [6.07, 6.45) is 0. The molecule has 2 N–H and O–H groups in total. The van der Waals surface area contributed by atoms with E-state index in [-0.39, 0.29) is 11.9 Å². The van der Waals surface area contributed by atoms with Gasteiger partial charge in [-0.25, -0.2) is 14.0 Å². The molecular weight excluding hydrogens is 283 g/mol. The average Bonchev–Trinajstić information content (AvgIpc) is 2.79. The first-order valence-electron chi connectivity index (χ1n) is 6.14. The number of aliphatic carboxylic acids is 1. The second-order valence-electron chi connectivity index (χ2n) is 4.44. The number of rotatable bonds is 3. The van der Waals surface area contributed by atoms with Crippen molar-refractivity contribution < 1.29 is 19.1 Å². The van der Waals surface area contributed by atoms with Gasteiger partial charge >= 0.3 is 12.0 Å². The number of hydrogen-bond donors (Lipinski definition) is 2. The van der Waals surface area contributed by atoms with E-state index in [1.165, 1.54) is 22.7 Å². The number of halogens is 1. The van der Waals surface area contributed by atoms with Gasteiger partial charge in [0.15, 0.2) is 0 Å². The number of carbonyl (C=O) groups is 2. The molecule has 1 aliphatic heterocycles. The van der Waals surface area contributed by atoms with Gasteiger partial charge < -0.3 is 10.4 Å². The smallest absolute Gasteiger partial charge is 0.327 e. The summed E-state index contributed by atoms with van der Waals surface area (Å²) in [5.41, 5.74) is 0.368. The molecule has 2 atom stereocenters. The fourth-order valence-electron chi connectivity index (χ4n) is 2.05. The molecule has 1 aromatic rings. The molecule has 7 heteroatoms. The van der Waals surface area contributed by atoms with Crippen molar-refractivity contribution in [3.8, 4) is 0 Å². The molecule has 5 nitrogen and oxygen atoms in total. The first-order chi connectivity index (χ1) is 9.50. The third-order valence-corrected chi connectivity index (χ3v) is 4.35. The Hall–Kier alpha value is -1.76. The highest BCUT2D eigenvalue weighted by molar-refractivity contribution is 8.00. The minimum Gasteiger partial charge on any atom is -0.480 e. The summed E-state index contributed by atoms with van der Waals surface area (Å²) in [4.78, 5) is 24.5. The van der Waals surface area contributed by atoms with Crippen molar-refractivity contribution in [2.75, 3.05) is 5.75 Å². The van der Waals surface area contributed by atoms with Crippen molar-refractivity contribution in [1.29, 1.82) is 0 Å². The molecule has 0 aromatic heterocycles. The molecule has 0 spiro atoms. The van der Waals surface area contributed by atoms with E-state index in [0.717, 1.165) is 0 Å². The van der Waals surface area contributed by atoms with Crippen molar-refractivity contribution in [3.63, 3.8) is 0 Å². The van der Waals surface area contributed by atoms with Crippen LogP contribution in [-0.2, 0) is 11.3 Å². The summed E-state index contributed by atoms with van der Waals surface area (Å²) in [6, 6.07) is 4.82. The number of carbonyl (C=O) groups excluding carboxylic acids is 1. The van der Waals surface area contributed by atoms with Crippen molar-refractivity contribution in [1.82, 2.24) is 10.2 Å². The summed E-state index contributed by atoms with van der Waals surface area (Å²) < 4.78 is 13.4. The van der Waals surface area contributed by atoms with E-state index < -0.39 is 23.9 Å². The van der Waals surface area contributed by atoms with Crippen molar-refractivity contribution >= 4 is 23.8 Å². The number of urea groups is 1. The van der Waals surface area contributed by atoms with E-state index in [9.17, 15) is 14.0 Å². The van der Waals surface area contributed by atoms with E-state index in [4.69, 9.17) is 5.11 Å². The Kier molecular flexibility index (Phi) is 4.49. The summed E-state index contributed by atoms with van der Waals surface area (Å²) in [5.74, 6) is -1.06. The Balaban J connectivity index is 2.01. The highest BCUT2D eigenvalue weighted by Crippen LogP contribution is 2.28. The Labute approximate surface area is 120 Å².